The van der Waals surface area contributed by atoms with Gasteiger partial charge in [-0.15, -0.1) is 0 Å². The Balaban J connectivity index is 1.21. The zero-order valence-electron chi connectivity index (χ0n) is 21.4. The molecule has 1 N–H and O–H groups in total. The van der Waals surface area contributed by atoms with E-state index in [9.17, 15) is 9.59 Å². The van der Waals surface area contributed by atoms with Crippen LogP contribution in [-0.4, -0.2) is 81.0 Å². The van der Waals surface area contributed by atoms with Crippen molar-refractivity contribution in [3.8, 4) is 0 Å². The topological polar surface area (TPSA) is 59.1 Å². The number of aryl methyl sites for hydroxylation is 1. The Morgan fingerprint density at radius 2 is 1.40 bits per heavy atom. The largest absolute Gasteiger partial charge is 0.368 e. The van der Waals surface area contributed by atoms with Crippen molar-refractivity contribution in [3.63, 3.8) is 0 Å². The third-order valence-corrected chi connectivity index (χ3v) is 7.37. The number of hydrogen-bond donors (Lipinski definition) is 1. The summed E-state index contributed by atoms with van der Waals surface area (Å²) in [6.07, 6.45) is 1.33. The van der Waals surface area contributed by atoms with E-state index in [1.54, 1.807) is 0 Å². The molecule has 35 heavy (non-hydrogen) atoms. The van der Waals surface area contributed by atoms with Crippen LogP contribution in [0.3, 0.4) is 0 Å². The molecule has 2 saturated heterocycles. The minimum absolute atomic E-state index is 0.0286. The predicted molar refractivity (Wildman–Crippen MR) is 143 cm³/mol. The van der Waals surface area contributed by atoms with Crippen LogP contribution >= 0.6 is 0 Å². The van der Waals surface area contributed by atoms with Crippen molar-refractivity contribution in [3.05, 3.63) is 53.6 Å². The van der Waals surface area contributed by atoms with Crippen molar-refractivity contribution in [2.75, 3.05) is 74.5 Å². The maximum atomic E-state index is 12.8. The number of nitrogens with zero attached hydrogens (tertiary/aromatic N) is 4. The van der Waals surface area contributed by atoms with Crippen LogP contribution in [0.2, 0.25) is 0 Å². The molecule has 0 aliphatic carbocycles. The van der Waals surface area contributed by atoms with Gasteiger partial charge in [0, 0.05) is 70.9 Å². The van der Waals surface area contributed by atoms with E-state index in [0.29, 0.717) is 19.3 Å². The van der Waals surface area contributed by atoms with Crippen LogP contribution in [0.1, 0.15) is 30.4 Å². The summed E-state index contributed by atoms with van der Waals surface area (Å²) >= 11 is 0. The van der Waals surface area contributed by atoms with Crippen LogP contribution in [0, 0.1) is 13.8 Å². The van der Waals surface area contributed by atoms with Gasteiger partial charge in [-0.1, -0.05) is 24.3 Å². The molecule has 0 atom stereocenters. The monoisotopic (exact) mass is 477 g/mol. The van der Waals surface area contributed by atoms with Gasteiger partial charge in [0.25, 0.3) is 0 Å². The van der Waals surface area contributed by atoms with Gasteiger partial charge >= 0.3 is 0 Å². The highest BCUT2D eigenvalue weighted by atomic mass is 16.2. The van der Waals surface area contributed by atoms with Gasteiger partial charge in [-0.05, 0) is 56.6 Å². The molecular formula is C28H39N5O2. The number of hydrogen-bond acceptors (Lipinski definition) is 5. The number of anilines is 3. The molecule has 0 unspecified atom stereocenters. The lowest BCUT2D eigenvalue weighted by molar-refractivity contribution is -0.131. The maximum Gasteiger partial charge on any atom is 0.224 e. The number of amides is 2. The maximum absolute atomic E-state index is 12.8. The van der Waals surface area contributed by atoms with Gasteiger partial charge in [-0.25, -0.2) is 0 Å². The Kier molecular flexibility index (Phi) is 8.29. The quantitative estimate of drug-likeness (QED) is 0.661. The lowest BCUT2D eigenvalue weighted by Gasteiger charge is -2.37. The number of carbonyl (C=O) groups is 2. The first kappa shape index (κ1) is 25.0. The summed E-state index contributed by atoms with van der Waals surface area (Å²) in [4.78, 5) is 34.4. The average molecular weight is 478 g/mol. The highest BCUT2D eigenvalue weighted by Gasteiger charge is 2.22. The zero-order chi connectivity index (χ0) is 24.8. The van der Waals surface area contributed by atoms with Crippen molar-refractivity contribution < 1.29 is 9.59 Å². The van der Waals surface area contributed by atoms with E-state index in [0.717, 1.165) is 63.7 Å². The standard InChI is InChI=1S/C28H39N5O2/c1-22-8-6-11-25(23(22)2)31-18-20-33(21-19-31)28(35)13-7-12-27(34)29-24-9-4-5-10-26(24)32-16-14-30(3)15-17-32/h4-6,8-11H,7,12-21H2,1-3H3,(H,29,34). The Morgan fingerprint density at radius 1 is 0.771 bits per heavy atom. The molecule has 2 aliphatic rings. The summed E-state index contributed by atoms with van der Waals surface area (Å²) in [5.41, 5.74) is 5.81. The van der Waals surface area contributed by atoms with Gasteiger partial charge in [-0.2, -0.15) is 0 Å². The lowest BCUT2D eigenvalue weighted by Crippen LogP contribution is -2.49. The van der Waals surface area contributed by atoms with Crippen LogP contribution in [0.4, 0.5) is 17.1 Å². The fourth-order valence-corrected chi connectivity index (χ4v) is 4.95. The molecule has 2 fully saturated rings. The van der Waals surface area contributed by atoms with Crippen LogP contribution in [0.15, 0.2) is 42.5 Å². The van der Waals surface area contributed by atoms with Crippen LogP contribution in [0.5, 0.6) is 0 Å². The predicted octanol–water partition coefficient (Wildman–Crippen LogP) is 3.51. The van der Waals surface area contributed by atoms with Gasteiger partial charge in [-0.3, -0.25) is 9.59 Å². The molecule has 188 valence electrons. The first-order valence-electron chi connectivity index (χ1n) is 12.8. The molecule has 0 bridgehead atoms. The van der Waals surface area contributed by atoms with Gasteiger partial charge in [0.2, 0.25) is 11.8 Å². The minimum Gasteiger partial charge on any atom is -0.368 e. The average Bonchev–Trinajstić information content (AvgIpc) is 2.87. The zero-order valence-corrected chi connectivity index (χ0v) is 21.4. The highest BCUT2D eigenvalue weighted by molar-refractivity contribution is 5.94. The SMILES string of the molecule is Cc1cccc(N2CCN(C(=O)CCCC(=O)Nc3ccccc3N3CCN(C)CC3)CC2)c1C. The second kappa shape index (κ2) is 11.6. The Bertz CT molecular complexity index is 1020. The normalized spacial score (nSPS) is 16.9. The number of nitrogens with one attached hydrogen (secondary N) is 1. The summed E-state index contributed by atoms with van der Waals surface area (Å²) in [5, 5.41) is 3.08. The van der Waals surface area contributed by atoms with Crippen molar-refractivity contribution >= 4 is 28.9 Å². The fourth-order valence-electron chi connectivity index (χ4n) is 4.95. The molecule has 4 rings (SSSR count). The van der Waals surface area contributed by atoms with E-state index in [1.165, 1.54) is 16.8 Å². The summed E-state index contributed by atoms with van der Waals surface area (Å²) in [7, 11) is 2.14. The van der Waals surface area contributed by atoms with Crippen molar-refractivity contribution in [2.24, 2.45) is 0 Å². The van der Waals surface area contributed by atoms with Crippen molar-refractivity contribution in [1.29, 1.82) is 0 Å². The van der Waals surface area contributed by atoms with Gasteiger partial charge in [0.15, 0.2) is 0 Å². The Morgan fingerprint density at radius 3 is 2.14 bits per heavy atom. The van der Waals surface area contributed by atoms with E-state index in [1.807, 2.05) is 23.1 Å². The second-order valence-corrected chi connectivity index (χ2v) is 9.80. The molecule has 2 amide bonds. The molecule has 0 saturated carbocycles. The second-order valence-electron chi connectivity index (χ2n) is 9.80. The first-order chi connectivity index (χ1) is 16.9. The van der Waals surface area contributed by atoms with Crippen LogP contribution in [-0.2, 0) is 9.59 Å². The molecule has 7 heteroatoms. The summed E-state index contributed by atoms with van der Waals surface area (Å²) in [5.74, 6) is 0.121. The third-order valence-electron chi connectivity index (χ3n) is 7.37. The van der Waals surface area contributed by atoms with Gasteiger partial charge in [0.1, 0.15) is 0 Å². The van der Waals surface area contributed by atoms with Gasteiger partial charge in [0.05, 0.1) is 11.4 Å². The molecule has 2 aliphatic heterocycles. The first-order valence-corrected chi connectivity index (χ1v) is 12.8. The fraction of sp³-hybridized carbons (Fsp3) is 0.500. The number of likely N-dealkylation sites (N-methyl/N-ethyl adjacent to an activating group) is 1. The number of para-hydroxylation sites is 2. The number of benzene rings is 2. The Hall–Kier alpha value is -3.06. The molecule has 0 aromatic heterocycles. The Labute approximate surface area is 209 Å². The van der Waals surface area contributed by atoms with Crippen molar-refractivity contribution in [2.45, 2.75) is 33.1 Å². The molecular weight excluding hydrogens is 438 g/mol. The molecule has 7 nitrogen and oxygen atoms in total. The van der Waals surface area contributed by atoms with E-state index >= 15 is 0 Å². The van der Waals surface area contributed by atoms with E-state index < -0.39 is 0 Å². The number of rotatable bonds is 7. The summed E-state index contributed by atoms with van der Waals surface area (Å²) in [6.45, 7) is 11.4. The van der Waals surface area contributed by atoms with E-state index in [2.05, 4.69) is 65.2 Å². The smallest absolute Gasteiger partial charge is 0.224 e. The molecule has 0 radical (unpaired) electrons. The molecule has 2 aromatic rings. The minimum atomic E-state index is -0.0286. The van der Waals surface area contributed by atoms with Crippen LogP contribution < -0.4 is 15.1 Å². The van der Waals surface area contributed by atoms with E-state index in [4.69, 9.17) is 0 Å². The van der Waals surface area contributed by atoms with E-state index in [-0.39, 0.29) is 11.8 Å². The molecule has 0 spiro atoms. The highest BCUT2D eigenvalue weighted by Crippen LogP contribution is 2.27. The molecule has 2 aromatic carbocycles. The third kappa shape index (κ3) is 6.34. The summed E-state index contributed by atoms with van der Waals surface area (Å²) < 4.78 is 0. The van der Waals surface area contributed by atoms with Crippen molar-refractivity contribution in [1.82, 2.24) is 9.80 Å². The number of carbonyl (C=O) groups excluding carboxylic acids is 2. The lowest BCUT2D eigenvalue weighted by atomic mass is 10.1. The molecule has 2 heterocycles. The summed E-state index contributed by atoms with van der Waals surface area (Å²) in [6, 6.07) is 14.4. The number of piperazine rings is 2. The van der Waals surface area contributed by atoms with Crippen LogP contribution in [0.25, 0.3) is 0 Å². The van der Waals surface area contributed by atoms with Gasteiger partial charge < -0.3 is 24.9 Å².